The molecular formula is C13H10N4O2. The van der Waals surface area contributed by atoms with E-state index >= 15 is 0 Å². The van der Waals surface area contributed by atoms with Gasteiger partial charge in [0.1, 0.15) is 6.33 Å². The van der Waals surface area contributed by atoms with Crippen LogP contribution >= 0.6 is 0 Å². The number of hydrogen-bond donors (Lipinski definition) is 0. The molecule has 2 heterocycles. The molecule has 0 atom stereocenters. The summed E-state index contributed by atoms with van der Waals surface area (Å²) in [7, 11) is 0. The lowest BCUT2D eigenvalue weighted by atomic mass is 10.2. The van der Waals surface area contributed by atoms with E-state index in [1.165, 1.54) is 12.1 Å². The maximum Gasteiger partial charge on any atom is 0.271 e. The Balaban J connectivity index is 2.15. The molecule has 94 valence electrons. The molecule has 0 N–H and O–H groups in total. The minimum Gasteiger partial charge on any atom is -0.297 e. The molecule has 0 bridgehead atoms. The van der Waals surface area contributed by atoms with Crippen molar-refractivity contribution in [2.24, 2.45) is 0 Å². The first-order chi connectivity index (χ1) is 9.15. The van der Waals surface area contributed by atoms with E-state index in [0.717, 1.165) is 16.9 Å². The van der Waals surface area contributed by atoms with E-state index in [4.69, 9.17) is 0 Å². The standard InChI is InChI=1S/C13H10N4O2/c1-9-2-3-11(7-14-9)16-8-15-12-6-10(17(18)19)4-5-13(12)16/h2-8H,1H3. The maximum atomic E-state index is 10.7. The summed E-state index contributed by atoms with van der Waals surface area (Å²) in [5.74, 6) is 0. The second-order valence-corrected chi connectivity index (χ2v) is 4.20. The number of aryl methyl sites for hydroxylation is 1. The Labute approximate surface area is 108 Å². The molecular weight excluding hydrogens is 244 g/mol. The van der Waals surface area contributed by atoms with Gasteiger partial charge in [-0.3, -0.25) is 19.7 Å². The Kier molecular flexibility index (Phi) is 2.49. The molecule has 6 heteroatoms. The van der Waals surface area contributed by atoms with Crippen molar-refractivity contribution < 1.29 is 4.92 Å². The van der Waals surface area contributed by atoms with Crippen molar-refractivity contribution in [3.05, 3.63) is 58.7 Å². The molecule has 0 saturated heterocycles. The second kappa shape index (κ2) is 4.16. The van der Waals surface area contributed by atoms with Crippen LogP contribution in [0.4, 0.5) is 5.69 Å². The normalized spacial score (nSPS) is 10.8. The van der Waals surface area contributed by atoms with Crippen LogP contribution in [0, 0.1) is 17.0 Å². The van der Waals surface area contributed by atoms with Crippen LogP contribution in [-0.4, -0.2) is 19.5 Å². The summed E-state index contributed by atoms with van der Waals surface area (Å²) in [6, 6.07) is 8.48. The number of hydrogen-bond acceptors (Lipinski definition) is 4. The van der Waals surface area contributed by atoms with Gasteiger partial charge in [-0.05, 0) is 25.1 Å². The van der Waals surface area contributed by atoms with Gasteiger partial charge in [0, 0.05) is 17.8 Å². The van der Waals surface area contributed by atoms with E-state index in [0.29, 0.717) is 5.52 Å². The van der Waals surface area contributed by atoms with Crippen molar-refractivity contribution in [2.75, 3.05) is 0 Å². The zero-order valence-electron chi connectivity index (χ0n) is 10.1. The quantitative estimate of drug-likeness (QED) is 0.520. The van der Waals surface area contributed by atoms with E-state index in [2.05, 4.69) is 9.97 Å². The highest BCUT2D eigenvalue weighted by molar-refractivity contribution is 5.79. The topological polar surface area (TPSA) is 73.8 Å². The highest BCUT2D eigenvalue weighted by Crippen LogP contribution is 2.22. The molecule has 3 aromatic rings. The zero-order valence-corrected chi connectivity index (χ0v) is 10.1. The van der Waals surface area contributed by atoms with Gasteiger partial charge in [-0.15, -0.1) is 0 Å². The van der Waals surface area contributed by atoms with Crippen LogP contribution in [0.5, 0.6) is 0 Å². The lowest BCUT2D eigenvalue weighted by Gasteiger charge is -2.03. The zero-order chi connectivity index (χ0) is 13.4. The molecule has 0 aliphatic heterocycles. The molecule has 19 heavy (non-hydrogen) atoms. The van der Waals surface area contributed by atoms with Crippen LogP contribution in [0.2, 0.25) is 0 Å². The fourth-order valence-corrected chi connectivity index (χ4v) is 1.92. The fourth-order valence-electron chi connectivity index (χ4n) is 1.92. The van der Waals surface area contributed by atoms with Crippen molar-refractivity contribution in [3.8, 4) is 5.69 Å². The highest BCUT2D eigenvalue weighted by atomic mass is 16.6. The van der Waals surface area contributed by atoms with E-state index in [1.807, 2.05) is 23.6 Å². The van der Waals surface area contributed by atoms with E-state index in [1.54, 1.807) is 18.6 Å². The minimum absolute atomic E-state index is 0.0415. The van der Waals surface area contributed by atoms with Crippen molar-refractivity contribution in [1.29, 1.82) is 0 Å². The predicted molar refractivity (Wildman–Crippen MR) is 70.3 cm³/mol. The molecule has 0 aliphatic rings. The molecule has 0 fully saturated rings. The number of benzene rings is 1. The third kappa shape index (κ3) is 1.93. The number of imidazole rings is 1. The van der Waals surface area contributed by atoms with Crippen molar-refractivity contribution >= 4 is 16.7 Å². The first kappa shape index (κ1) is 11.3. The predicted octanol–water partition coefficient (Wildman–Crippen LogP) is 2.64. The van der Waals surface area contributed by atoms with Gasteiger partial charge in [0.2, 0.25) is 0 Å². The molecule has 6 nitrogen and oxygen atoms in total. The number of pyridine rings is 1. The highest BCUT2D eigenvalue weighted by Gasteiger charge is 2.10. The summed E-state index contributed by atoms with van der Waals surface area (Å²) < 4.78 is 1.85. The molecule has 2 aromatic heterocycles. The largest absolute Gasteiger partial charge is 0.297 e. The maximum absolute atomic E-state index is 10.7. The van der Waals surface area contributed by atoms with Crippen LogP contribution in [0.1, 0.15) is 5.69 Å². The molecule has 0 unspecified atom stereocenters. The van der Waals surface area contributed by atoms with Gasteiger partial charge >= 0.3 is 0 Å². The Morgan fingerprint density at radius 3 is 2.74 bits per heavy atom. The summed E-state index contributed by atoms with van der Waals surface area (Å²) in [5, 5.41) is 10.7. The molecule has 1 aromatic carbocycles. The van der Waals surface area contributed by atoms with Gasteiger partial charge in [0.05, 0.1) is 27.8 Å². The lowest BCUT2D eigenvalue weighted by molar-refractivity contribution is -0.384. The summed E-state index contributed by atoms with van der Waals surface area (Å²) in [4.78, 5) is 18.7. The Morgan fingerprint density at radius 2 is 2.05 bits per heavy atom. The molecule has 0 saturated carbocycles. The van der Waals surface area contributed by atoms with Crippen molar-refractivity contribution in [3.63, 3.8) is 0 Å². The van der Waals surface area contributed by atoms with Gasteiger partial charge in [-0.1, -0.05) is 0 Å². The number of aromatic nitrogens is 3. The van der Waals surface area contributed by atoms with Crippen LogP contribution < -0.4 is 0 Å². The minimum atomic E-state index is -0.425. The van der Waals surface area contributed by atoms with Gasteiger partial charge in [-0.25, -0.2) is 4.98 Å². The molecule has 3 rings (SSSR count). The first-order valence-electron chi connectivity index (χ1n) is 5.70. The number of non-ortho nitro benzene ring substituents is 1. The average Bonchev–Trinajstić information content (AvgIpc) is 2.82. The van der Waals surface area contributed by atoms with Crippen LogP contribution in [0.15, 0.2) is 42.9 Å². The summed E-state index contributed by atoms with van der Waals surface area (Å²) in [6.07, 6.45) is 3.39. The third-order valence-electron chi connectivity index (χ3n) is 2.92. The Hall–Kier alpha value is -2.76. The van der Waals surface area contributed by atoms with Gasteiger partial charge in [0.25, 0.3) is 5.69 Å². The summed E-state index contributed by atoms with van der Waals surface area (Å²) in [5.41, 5.74) is 3.26. The van der Waals surface area contributed by atoms with Crippen LogP contribution in [0.3, 0.4) is 0 Å². The van der Waals surface area contributed by atoms with E-state index in [-0.39, 0.29) is 5.69 Å². The number of fused-ring (bicyclic) bond motifs is 1. The molecule has 0 spiro atoms. The summed E-state index contributed by atoms with van der Waals surface area (Å²) in [6.45, 7) is 1.92. The Morgan fingerprint density at radius 1 is 1.21 bits per heavy atom. The Bertz CT molecular complexity index is 762. The van der Waals surface area contributed by atoms with Crippen molar-refractivity contribution in [2.45, 2.75) is 6.92 Å². The first-order valence-corrected chi connectivity index (χ1v) is 5.70. The fraction of sp³-hybridized carbons (Fsp3) is 0.0769. The molecule has 0 aliphatic carbocycles. The van der Waals surface area contributed by atoms with Crippen LogP contribution in [0.25, 0.3) is 16.7 Å². The molecule has 0 radical (unpaired) electrons. The monoisotopic (exact) mass is 254 g/mol. The van der Waals surface area contributed by atoms with Gasteiger partial charge in [0.15, 0.2) is 0 Å². The SMILES string of the molecule is Cc1ccc(-n2cnc3cc([N+](=O)[O-])ccc32)cn1. The average molecular weight is 254 g/mol. The molecule has 0 amide bonds. The second-order valence-electron chi connectivity index (χ2n) is 4.20. The number of nitro groups is 1. The van der Waals surface area contributed by atoms with Crippen LogP contribution in [-0.2, 0) is 0 Å². The van der Waals surface area contributed by atoms with Gasteiger partial charge < -0.3 is 0 Å². The smallest absolute Gasteiger partial charge is 0.271 e. The number of nitro benzene ring substituents is 1. The number of nitrogens with zero attached hydrogens (tertiary/aromatic N) is 4. The third-order valence-corrected chi connectivity index (χ3v) is 2.92. The van der Waals surface area contributed by atoms with E-state index in [9.17, 15) is 10.1 Å². The van der Waals surface area contributed by atoms with Crippen molar-refractivity contribution in [1.82, 2.24) is 14.5 Å². The lowest BCUT2D eigenvalue weighted by Crippen LogP contribution is -1.94. The van der Waals surface area contributed by atoms with E-state index < -0.39 is 4.92 Å². The number of rotatable bonds is 2. The van der Waals surface area contributed by atoms with Gasteiger partial charge in [-0.2, -0.15) is 0 Å². The summed E-state index contributed by atoms with van der Waals surface area (Å²) >= 11 is 0.